The Labute approximate surface area is 130 Å². The summed E-state index contributed by atoms with van der Waals surface area (Å²) in [7, 11) is 0. The van der Waals surface area contributed by atoms with Crippen LogP contribution >= 0.6 is 15.9 Å². The van der Waals surface area contributed by atoms with Gasteiger partial charge in [0.15, 0.2) is 11.5 Å². The topological polar surface area (TPSA) is 84.9 Å². The number of carbonyl (C=O) groups is 2. The van der Waals surface area contributed by atoms with Crippen LogP contribution in [0.5, 0.6) is 11.5 Å². The summed E-state index contributed by atoms with van der Waals surface area (Å²) in [4.78, 5) is 22.3. The van der Waals surface area contributed by atoms with Gasteiger partial charge < -0.3 is 19.9 Å². The Bertz CT molecular complexity index is 561. The molecule has 114 valence electrons. The maximum Gasteiger partial charge on any atom is 0.326 e. The molecule has 2 rings (SSSR count). The van der Waals surface area contributed by atoms with E-state index in [-0.39, 0.29) is 12.3 Å². The highest BCUT2D eigenvalue weighted by Crippen LogP contribution is 2.38. The molecule has 1 atom stereocenters. The number of benzene rings is 1. The van der Waals surface area contributed by atoms with Gasteiger partial charge in [-0.3, -0.25) is 4.79 Å². The third kappa shape index (κ3) is 4.10. The van der Waals surface area contributed by atoms with E-state index in [4.69, 9.17) is 14.6 Å². The van der Waals surface area contributed by atoms with Crippen molar-refractivity contribution >= 4 is 27.8 Å². The van der Waals surface area contributed by atoms with E-state index in [1.165, 1.54) is 6.92 Å². The van der Waals surface area contributed by atoms with E-state index in [0.29, 0.717) is 29.2 Å². The van der Waals surface area contributed by atoms with Gasteiger partial charge in [-0.05, 0) is 33.6 Å². The van der Waals surface area contributed by atoms with Crippen LogP contribution in [0.15, 0.2) is 16.6 Å². The summed E-state index contributed by atoms with van der Waals surface area (Å²) in [5.74, 6) is -0.240. The van der Waals surface area contributed by atoms with Crippen molar-refractivity contribution in [2.24, 2.45) is 0 Å². The normalized spacial score (nSPS) is 15.0. The number of carboxylic acids is 1. The van der Waals surface area contributed by atoms with E-state index in [2.05, 4.69) is 21.2 Å². The second-order valence-electron chi connectivity index (χ2n) is 4.75. The Hall–Kier alpha value is -1.76. The van der Waals surface area contributed by atoms with Crippen LogP contribution in [0.2, 0.25) is 0 Å². The molecular weight excluding hydrogens is 342 g/mol. The van der Waals surface area contributed by atoms with Crippen LogP contribution in [0.4, 0.5) is 0 Å². The molecule has 2 N–H and O–H groups in total. The zero-order valence-electron chi connectivity index (χ0n) is 11.5. The highest BCUT2D eigenvalue weighted by molar-refractivity contribution is 9.10. The minimum absolute atomic E-state index is 0.171. The van der Waals surface area contributed by atoms with Gasteiger partial charge in [0.05, 0.1) is 17.7 Å². The summed E-state index contributed by atoms with van der Waals surface area (Å²) >= 11 is 3.41. The van der Waals surface area contributed by atoms with Gasteiger partial charge in [-0.2, -0.15) is 0 Å². The van der Waals surface area contributed by atoms with Crippen molar-refractivity contribution in [2.75, 3.05) is 13.2 Å². The molecule has 1 aliphatic rings. The highest BCUT2D eigenvalue weighted by atomic mass is 79.9. The van der Waals surface area contributed by atoms with Crippen molar-refractivity contribution in [1.29, 1.82) is 0 Å². The SMILES string of the molecule is CC(=O)NC(Cc1cc(Br)c2c(c1)OCCCO2)C(=O)O. The smallest absolute Gasteiger partial charge is 0.326 e. The number of hydrogen-bond donors (Lipinski definition) is 2. The lowest BCUT2D eigenvalue weighted by atomic mass is 10.1. The molecule has 1 heterocycles. The summed E-state index contributed by atoms with van der Waals surface area (Å²) in [5.41, 5.74) is 0.743. The number of halogens is 1. The average molecular weight is 358 g/mol. The predicted octanol–water partition coefficient (Wildman–Crippen LogP) is 1.74. The molecule has 0 saturated heterocycles. The molecule has 7 heteroatoms. The fraction of sp³-hybridized carbons (Fsp3) is 0.429. The first kappa shape index (κ1) is 15.6. The van der Waals surface area contributed by atoms with Crippen LogP contribution in [-0.2, 0) is 16.0 Å². The quantitative estimate of drug-likeness (QED) is 0.857. The number of carbonyl (C=O) groups excluding carboxylic acids is 1. The van der Waals surface area contributed by atoms with Gasteiger partial charge in [-0.25, -0.2) is 4.79 Å². The molecule has 0 saturated carbocycles. The number of aliphatic carboxylic acids is 1. The van der Waals surface area contributed by atoms with Gasteiger partial charge >= 0.3 is 5.97 Å². The number of amides is 1. The summed E-state index contributed by atoms with van der Waals surface area (Å²) in [6, 6.07) is 2.56. The Morgan fingerprint density at radius 3 is 2.76 bits per heavy atom. The minimum Gasteiger partial charge on any atom is -0.490 e. The van der Waals surface area contributed by atoms with Crippen LogP contribution in [0.1, 0.15) is 18.9 Å². The molecule has 1 aliphatic heterocycles. The molecular formula is C14H16BrNO5. The number of carboxylic acid groups (broad SMARTS) is 1. The van der Waals surface area contributed by atoms with Crippen molar-refractivity contribution in [3.63, 3.8) is 0 Å². The van der Waals surface area contributed by atoms with E-state index < -0.39 is 12.0 Å². The Balaban J connectivity index is 2.23. The largest absolute Gasteiger partial charge is 0.490 e. The maximum absolute atomic E-state index is 11.2. The first-order valence-corrected chi connectivity index (χ1v) is 7.34. The van der Waals surface area contributed by atoms with E-state index in [0.717, 1.165) is 12.0 Å². The maximum atomic E-state index is 11.2. The average Bonchev–Trinajstić information content (AvgIpc) is 2.63. The van der Waals surface area contributed by atoms with Crippen molar-refractivity contribution in [1.82, 2.24) is 5.32 Å². The summed E-state index contributed by atoms with van der Waals surface area (Å²) in [6.07, 6.45) is 0.963. The minimum atomic E-state index is -1.08. The first-order chi connectivity index (χ1) is 9.97. The van der Waals surface area contributed by atoms with Gasteiger partial charge in [0, 0.05) is 19.8 Å². The third-order valence-corrected chi connectivity index (χ3v) is 3.57. The molecule has 21 heavy (non-hydrogen) atoms. The lowest BCUT2D eigenvalue weighted by molar-refractivity contribution is -0.141. The monoisotopic (exact) mass is 357 g/mol. The van der Waals surface area contributed by atoms with Crippen molar-refractivity contribution in [3.05, 3.63) is 22.2 Å². The van der Waals surface area contributed by atoms with Crippen molar-refractivity contribution < 1.29 is 24.2 Å². The van der Waals surface area contributed by atoms with Gasteiger partial charge in [0.25, 0.3) is 0 Å². The van der Waals surface area contributed by atoms with Crippen LogP contribution in [0, 0.1) is 0 Å². The number of rotatable bonds is 4. The zero-order chi connectivity index (χ0) is 15.4. The highest BCUT2D eigenvalue weighted by Gasteiger charge is 2.21. The van der Waals surface area contributed by atoms with Crippen molar-refractivity contribution in [2.45, 2.75) is 25.8 Å². The Kier molecular flexibility index (Phi) is 5.06. The molecule has 6 nitrogen and oxygen atoms in total. The van der Waals surface area contributed by atoms with Crippen LogP contribution < -0.4 is 14.8 Å². The van der Waals surface area contributed by atoms with Gasteiger partial charge in [0.2, 0.25) is 5.91 Å². The van der Waals surface area contributed by atoms with E-state index in [1.54, 1.807) is 12.1 Å². The molecule has 1 unspecified atom stereocenters. The molecule has 0 radical (unpaired) electrons. The second-order valence-corrected chi connectivity index (χ2v) is 5.61. The number of hydrogen-bond acceptors (Lipinski definition) is 4. The Morgan fingerprint density at radius 2 is 2.10 bits per heavy atom. The predicted molar refractivity (Wildman–Crippen MR) is 78.7 cm³/mol. The fourth-order valence-corrected chi connectivity index (χ4v) is 2.69. The molecule has 0 aliphatic carbocycles. The summed E-state index contributed by atoms with van der Waals surface area (Å²) in [5, 5.41) is 11.6. The van der Waals surface area contributed by atoms with E-state index >= 15 is 0 Å². The van der Waals surface area contributed by atoms with Gasteiger partial charge in [0.1, 0.15) is 6.04 Å². The molecule has 1 aromatic carbocycles. The van der Waals surface area contributed by atoms with Gasteiger partial charge in [-0.15, -0.1) is 0 Å². The van der Waals surface area contributed by atoms with Crippen molar-refractivity contribution in [3.8, 4) is 11.5 Å². The lowest BCUT2D eigenvalue weighted by Gasteiger charge is -2.16. The summed E-state index contributed by atoms with van der Waals surface area (Å²) in [6.45, 7) is 2.42. The van der Waals surface area contributed by atoms with E-state index in [9.17, 15) is 9.59 Å². The molecule has 1 amide bonds. The number of fused-ring (bicyclic) bond motifs is 1. The molecule has 0 aromatic heterocycles. The Morgan fingerprint density at radius 1 is 1.38 bits per heavy atom. The molecule has 0 bridgehead atoms. The van der Waals surface area contributed by atoms with Gasteiger partial charge in [-0.1, -0.05) is 0 Å². The fourth-order valence-electron chi connectivity index (χ4n) is 2.08. The zero-order valence-corrected chi connectivity index (χ0v) is 13.1. The molecule has 0 fully saturated rings. The molecule has 1 aromatic rings. The first-order valence-electron chi connectivity index (χ1n) is 6.55. The van der Waals surface area contributed by atoms with Crippen LogP contribution in [-0.4, -0.2) is 36.2 Å². The molecule has 0 spiro atoms. The third-order valence-electron chi connectivity index (χ3n) is 2.98. The second kappa shape index (κ2) is 6.80. The van der Waals surface area contributed by atoms with Crippen LogP contribution in [0.25, 0.3) is 0 Å². The number of ether oxygens (including phenoxy) is 2. The lowest BCUT2D eigenvalue weighted by Crippen LogP contribution is -2.41. The number of nitrogens with one attached hydrogen (secondary N) is 1. The van der Waals surface area contributed by atoms with E-state index in [1.807, 2.05) is 0 Å². The summed E-state index contributed by atoms with van der Waals surface area (Å²) < 4.78 is 11.9. The van der Waals surface area contributed by atoms with Crippen LogP contribution in [0.3, 0.4) is 0 Å². The standard InChI is InChI=1S/C14H16BrNO5/c1-8(17)16-11(14(18)19)6-9-5-10(15)13-12(7-9)20-3-2-4-21-13/h5,7,11H,2-4,6H2,1H3,(H,16,17)(H,18,19).